The van der Waals surface area contributed by atoms with Crippen LogP contribution in [0.1, 0.15) is 5.69 Å². The molecular formula is C20H20N6S. The molecule has 1 saturated heterocycles. The first-order valence-electron chi connectivity index (χ1n) is 9.10. The van der Waals surface area contributed by atoms with Gasteiger partial charge in [-0.3, -0.25) is 14.3 Å². The highest BCUT2D eigenvalue weighted by atomic mass is 32.1. The van der Waals surface area contributed by atoms with Crippen LogP contribution in [-0.4, -0.2) is 50.4 Å². The molecule has 0 N–H and O–H groups in total. The third-order valence-corrected chi connectivity index (χ3v) is 5.69. The Hall–Kier alpha value is -2.77. The summed E-state index contributed by atoms with van der Waals surface area (Å²) >= 11 is 1.70. The van der Waals surface area contributed by atoms with Crippen molar-refractivity contribution in [2.45, 2.75) is 6.54 Å². The van der Waals surface area contributed by atoms with Gasteiger partial charge in [-0.1, -0.05) is 6.07 Å². The largest absolute Gasteiger partial charge is 0.351 e. The molecule has 4 aromatic heterocycles. The number of hydrogen-bond donors (Lipinski definition) is 0. The van der Waals surface area contributed by atoms with E-state index in [0.717, 1.165) is 55.6 Å². The molecule has 4 aromatic rings. The Morgan fingerprint density at radius 1 is 0.963 bits per heavy atom. The Bertz CT molecular complexity index is 1020. The summed E-state index contributed by atoms with van der Waals surface area (Å²) in [5, 5.41) is 4.25. The number of pyridine rings is 1. The van der Waals surface area contributed by atoms with Crippen molar-refractivity contribution in [2.24, 2.45) is 0 Å². The zero-order valence-corrected chi connectivity index (χ0v) is 15.7. The molecule has 0 bridgehead atoms. The number of fused-ring (bicyclic) bond motifs is 1. The molecule has 0 spiro atoms. The van der Waals surface area contributed by atoms with E-state index in [-0.39, 0.29) is 0 Å². The van der Waals surface area contributed by atoms with Gasteiger partial charge in [-0.25, -0.2) is 9.97 Å². The molecule has 0 atom stereocenters. The predicted octanol–water partition coefficient (Wildman–Crippen LogP) is 3.18. The second kappa shape index (κ2) is 7.09. The fourth-order valence-electron chi connectivity index (χ4n) is 3.59. The van der Waals surface area contributed by atoms with Gasteiger partial charge in [-0.15, -0.1) is 0 Å². The normalized spacial score (nSPS) is 15.5. The summed E-state index contributed by atoms with van der Waals surface area (Å²) < 4.78 is 2.14. The molecule has 0 unspecified atom stereocenters. The van der Waals surface area contributed by atoms with Gasteiger partial charge in [-0.2, -0.15) is 11.3 Å². The predicted molar refractivity (Wildman–Crippen MR) is 108 cm³/mol. The SMILES string of the molecule is c1ccc(CN2CCN(c3nccn4c(-c5ccsc5)cnc34)CC2)nc1. The highest BCUT2D eigenvalue weighted by Gasteiger charge is 2.21. The monoisotopic (exact) mass is 376 g/mol. The first-order valence-corrected chi connectivity index (χ1v) is 10.0. The molecule has 0 aromatic carbocycles. The molecule has 136 valence electrons. The fraction of sp³-hybridized carbons (Fsp3) is 0.250. The van der Waals surface area contributed by atoms with Gasteiger partial charge in [0.1, 0.15) is 0 Å². The number of rotatable bonds is 4. The van der Waals surface area contributed by atoms with Crippen LogP contribution in [0, 0.1) is 0 Å². The summed E-state index contributed by atoms with van der Waals surface area (Å²) in [6, 6.07) is 8.23. The minimum atomic E-state index is 0.901. The average Bonchev–Trinajstić information content (AvgIpc) is 3.39. The molecule has 5 rings (SSSR count). The highest BCUT2D eigenvalue weighted by Crippen LogP contribution is 2.27. The number of anilines is 1. The first kappa shape index (κ1) is 16.4. The quantitative estimate of drug-likeness (QED) is 0.548. The number of aromatic nitrogens is 4. The Kier molecular flexibility index (Phi) is 4.31. The van der Waals surface area contributed by atoms with Gasteiger partial charge in [-0.05, 0) is 23.6 Å². The van der Waals surface area contributed by atoms with Crippen molar-refractivity contribution in [1.29, 1.82) is 0 Å². The highest BCUT2D eigenvalue weighted by molar-refractivity contribution is 7.08. The maximum Gasteiger partial charge on any atom is 0.180 e. The topological polar surface area (TPSA) is 49.6 Å². The minimum Gasteiger partial charge on any atom is -0.351 e. The molecule has 1 aliphatic heterocycles. The van der Waals surface area contributed by atoms with Gasteiger partial charge in [0.15, 0.2) is 11.5 Å². The van der Waals surface area contributed by atoms with Crippen molar-refractivity contribution in [3.63, 3.8) is 0 Å². The van der Waals surface area contributed by atoms with E-state index in [9.17, 15) is 0 Å². The lowest BCUT2D eigenvalue weighted by molar-refractivity contribution is 0.246. The first-order chi connectivity index (χ1) is 13.4. The summed E-state index contributed by atoms with van der Waals surface area (Å²) in [6.45, 7) is 4.78. The van der Waals surface area contributed by atoms with Gasteiger partial charge in [0, 0.05) is 62.3 Å². The van der Waals surface area contributed by atoms with Crippen molar-refractivity contribution in [3.05, 3.63) is 65.5 Å². The molecule has 1 fully saturated rings. The van der Waals surface area contributed by atoms with Crippen LogP contribution >= 0.6 is 11.3 Å². The van der Waals surface area contributed by atoms with Crippen LogP contribution in [0.5, 0.6) is 0 Å². The van der Waals surface area contributed by atoms with E-state index in [4.69, 9.17) is 0 Å². The van der Waals surface area contributed by atoms with Crippen molar-refractivity contribution in [2.75, 3.05) is 31.1 Å². The summed E-state index contributed by atoms with van der Waals surface area (Å²) in [5.41, 5.74) is 4.37. The summed E-state index contributed by atoms with van der Waals surface area (Å²) in [6.07, 6.45) is 7.68. The van der Waals surface area contributed by atoms with Gasteiger partial charge >= 0.3 is 0 Å². The second-order valence-electron chi connectivity index (χ2n) is 6.68. The number of thiophene rings is 1. The van der Waals surface area contributed by atoms with Crippen LogP contribution in [-0.2, 0) is 6.54 Å². The van der Waals surface area contributed by atoms with E-state index < -0.39 is 0 Å². The number of hydrogen-bond acceptors (Lipinski definition) is 6. The Labute approximate surface area is 161 Å². The van der Waals surface area contributed by atoms with E-state index in [2.05, 4.69) is 52.0 Å². The molecule has 27 heavy (non-hydrogen) atoms. The second-order valence-corrected chi connectivity index (χ2v) is 7.46. The lowest BCUT2D eigenvalue weighted by Gasteiger charge is -2.35. The Morgan fingerprint density at radius 3 is 2.67 bits per heavy atom. The molecule has 0 radical (unpaired) electrons. The summed E-state index contributed by atoms with van der Waals surface area (Å²) in [4.78, 5) is 18.6. The maximum absolute atomic E-state index is 4.68. The Balaban J connectivity index is 1.35. The standard InChI is InChI=1S/C20H20N6S/c1-2-5-21-17(3-1)14-24-8-10-25(11-9-24)19-20-23-13-18(16-4-12-27-15-16)26(20)7-6-22-19/h1-7,12-13,15H,8-11,14H2. The maximum atomic E-state index is 4.68. The molecule has 5 heterocycles. The van der Waals surface area contributed by atoms with Gasteiger partial charge in [0.25, 0.3) is 0 Å². The zero-order valence-electron chi connectivity index (χ0n) is 14.9. The molecule has 0 saturated carbocycles. The average molecular weight is 376 g/mol. The van der Waals surface area contributed by atoms with E-state index in [0.29, 0.717) is 0 Å². The van der Waals surface area contributed by atoms with E-state index in [1.807, 2.05) is 36.9 Å². The lowest BCUT2D eigenvalue weighted by Crippen LogP contribution is -2.46. The fourth-order valence-corrected chi connectivity index (χ4v) is 4.24. The van der Waals surface area contributed by atoms with Crippen LogP contribution in [0.15, 0.2) is 59.8 Å². The number of imidazole rings is 1. The third kappa shape index (κ3) is 3.20. The van der Waals surface area contributed by atoms with E-state index in [1.165, 1.54) is 5.56 Å². The molecule has 1 aliphatic rings. The van der Waals surface area contributed by atoms with E-state index in [1.54, 1.807) is 11.3 Å². The van der Waals surface area contributed by atoms with Gasteiger partial charge < -0.3 is 4.90 Å². The number of piperazine rings is 1. The van der Waals surface area contributed by atoms with Crippen molar-refractivity contribution < 1.29 is 0 Å². The van der Waals surface area contributed by atoms with Gasteiger partial charge in [0.2, 0.25) is 0 Å². The zero-order chi connectivity index (χ0) is 18.1. The third-order valence-electron chi connectivity index (χ3n) is 5.01. The molecule has 0 aliphatic carbocycles. The minimum absolute atomic E-state index is 0.901. The van der Waals surface area contributed by atoms with Crippen LogP contribution in [0.2, 0.25) is 0 Å². The van der Waals surface area contributed by atoms with E-state index >= 15 is 0 Å². The van der Waals surface area contributed by atoms with Crippen LogP contribution in [0.3, 0.4) is 0 Å². The van der Waals surface area contributed by atoms with Gasteiger partial charge in [0.05, 0.1) is 17.6 Å². The molecule has 6 nitrogen and oxygen atoms in total. The Morgan fingerprint density at radius 2 is 1.89 bits per heavy atom. The molecule has 7 heteroatoms. The lowest BCUT2D eigenvalue weighted by atomic mass is 10.2. The van der Waals surface area contributed by atoms with Crippen LogP contribution in [0.4, 0.5) is 5.82 Å². The summed E-state index contributed by atoms with van der Waals surface area (Å²) in [5.74, 6) is 0.969. The van der Waals surface area contributed by atoms with Crippen LogP contribution in [0.25, 0.3) is 16.9 Å². The van der Waals surface area contributed by atoms with Crippen molar-refractivity contribution >= 4 is 22.8 Å². The smallest absolute Gasteiger partial charge is 0.180 e. The summed E-state index contributed by atoms with van der Waals surface area (Å²) in [7, 11) is 0. The van der Waals surface area contributed by atoms with Crippen LogP contribution < -0.4 is 4.90 Å². The number of nitrogens with zero attached hydrogens (tertiary/aromatic N) is 6. The van der Waals surface area contributed by atoms with Crippen molar-refractivity contribution in [1.82, 2.24) is 24.3 Å². The molecule has 0 amide bonds. The van der Waals surface area contributed by atoms with Crippen molar-refractivity contribution in [3.8, 4) is 11.3 Å². The molecular weight excluding hydrogens is 356 g/mol.